The number of carbonyl (C=O) groups excluding carboxylic acids is 1. The molecule has 0 atom stereocenters. The number of hydrogen-bond donors (Lipinski definition) is 2. The Hall–Kier alpha value is -4.09. The number of amides is 2. The molecule has 0 aliphatic rings. The molecule has 7 nitrogen and oxygen atoms in total. The van der Waals surface area contributed by atoms with Crippen LogP contribution in [-0.2, 0) is 12.3 Å². The lowest BCUT2D eigenvalue weighted by Crippen LogP contribution is -2.29. The van der Waals surface area contributed by atoms with Gasteiger partial charge in [-0.3, -0.25) is 4.57 Å². The predicted molar refractivity (Wildman–Crippen MR) is 129 cm³/mol. The minimum Gasteiger partial charge on any atom is -0.331 e. The Labute approximate surface area is 196 Å². The number of nitriles is 1. The topological polar surface area (TPSA) is 95.6 Å². The molecule has 4 aromatic rings. The summed E-state index contributed by atoms with van der Waals surface area (Å²) in [6.45, 7) is 2.24. The number of anilines is 1. The lowest BCUT2D eigenvalue weighted by atomic mass is 10.2. The Morgan fingerprint density at radius 2 is 1.73 bits per heavy atom. The van der Waals surface area contributed by atoms with E-state index >= 15 is 0 Å². The smallest absolute Gasteiger partial charge is 0.319 e. The molecule has 2 N–H and O–H groups in total. The number of benzene rings is 3. The summed E-state index contributed by atoms with van der Waals surface area (Å²) in [5.74, 6) is 1.39. The van der Waals surface area contributed by atoms with Crippen molar-refractivity contribution in [3.63, 3.8) is 0 Å². The molecule has 0 bridgehead atoms. The van der Waals surface area contributed by atoms with Crippen LogP contribution in [0.4, 0.5) is 10.5 Å². The quantitative estimate of drug-likeness (QED) is 0.381. The van der Waals surface area contributed by atoms with Crippen molar-refractivity contribution in [2.45, 2.75) is 24.4 Å². The SMILES string of the molecule is Cc1ccc(-n2c(CNC(=O)Nc3ccc(C#N)cc3)nnc2SCc2ccccc2)cc1. The van der Waals surface area contributed by atoms with E-state index < -0.39 is 0 Å². The average Bonchev–Trinajstić information content (AvgIpc) is 3.26. The van der Waals surface area contributed by atoms with Crippen LogP contribution in [-0.4, -0.2) is 20.8 Å². The summed E-state index contributed by atoms with van der Waals surface area (Å²) in [4.78, 5) is 12.4. The number of rotatable bonds is 7. The van der Waals surface area contributed by atoms with Gasteiger partial charge in [0.2, 0.25) is 0 Å². The van der Waals surface area contributed by atoms with Gasteiger partial charge in [-0.05, 0) is 48.9 Å². The highest BCUT2D eigenvalue weighted by molar-refractivity contribution is 7.98. The van der Waals surface area contributed by atoms with Crippen molar-refractivity contribution in [3.8, 4) is 11.8 Å². The second-order valence-corrected chi connectivity index (χ2v) is 8.28. The number of hydrogen-bond acceptors (Lipinski definition) is 5. The second kappa shape index (κ2) is 10.5. The third-order valence-electron chi connectivity index (χ3n) is 4.88. The van der Waals surface area contributed by atoms with E-state index in [2.05, 4.69) is 39.0 Å². The molecule has 0 saturated heterocycles. The Bertz CT molecular complexity index is 1260. The molecule has 8 heteroatoms. The van der Waals surface area contributed by atoms with Crippen LogP contribution in [0.3, 0.4) is 0 Å². The fraction of sp³-hybridized carbons (Fsp3) is 0.120. The number of aryl methyl sites for hydroxylation is 1. The minimum absolute atomic E-state index is 0.203. The largest absolute Gasteiger partial charge is 0.331 e. The van der Waals surface area contributed by atoms with Crippen LogP contribution in [0, 0.1) is 18.3 Å². The van der Waals surface area contributed by atoms with Gasteiger partial charge in [-0.15, -0.1) is 10.2 Å². The maximum Gasteiger partial charge on any atom is 0.319 e. The first-order chi connectivity index (χ1) is 16.1. The van der Waals surface area contributed by atoms with Gasteiger partial charge in [-0.1, -0.05) is 59.8 Å². The Balaban J connectivity index is 1.49. The van der Waals surface area contributed by atoms with Gasteiger partial charge < -0.3 is 10.6 Å². The summed E-state index contributed by atoms with van der Waals surface area (Å²) < 4.78 is 1.97. The van der Waals surface area contributed by atoms with Crippen molar-refractivity contribution in [1.82, 2.24) is 20.1 Å². The monoisotopic (exact) mass is 454 g/mol. The van der Waals surface area contributed by atoms with Crippen molar-refractivity contribution < 1.29 is 4.79 Å². The zero-order valence-electron chi connectivity index (χ0n) is 18.0. The number of urea groups is 1. The van der Waals surface area contributed by atoms with Crippen LogP contribution in [0.1, 0.15) is 22.5 Å². The van der Waals surface area contributed by atoms with E-state index in [1.54, 1.807) is 36.0 Å². The standard InChI is InChI=1S/C25H22N6OS/c1-18-7-13-22(14-8-18)31-23(29-30-25(31)33-17-20-5-3-2-4-6-20)16-27-24(32)28-21-11-9-19(15-26)10-12-21/h2-14H,16-17H2,1H3,(H2,27,28,32). The van der Waals surface area contributed by atoms with Gasteiger partial charge in [-0.25, -0.2) is 4.79 Å². The van der Waals surface area contributed by atoms with Crippen LogP contribution in [0.25, 0.3) is 5.69 Å². The number of nitrogens with one attached hydrogen (secondary N) is 2. The van der Waals surface area contributed by atoms with Crippen molar-refractivity contribution in [2.24, 2.45) is 0 Å². The lowest BCUT2D eigenvalue weighted by molar-refractivity contribution is 0.251. The summed E-state index contributed by atoms with van der Waals surface area (Å²) in [5.41, 5.74) is 4.43. The maximum atomic E-state index is 12.4. The van der Waals surface area contributed by atoms with Gasteiger partial charge in [-0.2, -0.15) is 5.26 Å². The van der Waals surface area contributed by atoms with E-state index in [0.29, 0.717) is 17.1 Å². The summed E-state index contributed by atoms with van der Waals surface area (Å²) >= 11 is 1.60. The number of nitrogens with zero attached hydrogens (tertiary/aromatic N) is 4. The van der Waals surface area contributed by atoms with Gasteiger partial charge in [0.05, 0.1) is 18.2 Å². The molecule has 0 radical (unpaired) electrons. The molecule has 4 rings (SSSR count). The van der Waals surface area contributed by atoms with Gasteiger partial charge in [0.1, 0.15) is 0 Å². The molecule has 1 aromatic heterocycles. The highest BCUT2D eigenvalue weighted by Crippen LogP contribution is 2.25. The van der Waals surface area contributed by atoms with Crippen LogP contribution >= 0.6 is 11.8 Å². The van der Waals surface area contributed by atoms with E-state index in [0.717, 1.165) is 22.2 Å². The molecule has 2 amide bonds. The third kappa shape index (κ3) is 5.79. The van der Waals surface area contributed by atoms with Crippen LogP contribution < -0.4 is 10.6 Å². The fourth-order valence-electron chi connectivity index (χ4n) is 3.15. The van der Waals surface area contributed by atoms with E-state index in [1.807, 2.05) is 54.0 Å². The van der Waals surface area contributed by atoms with E-state index in [9.17, 15) is 4.79 Å². The molecular weight excluding hydrogens is 432 g/mol. The van der Waals surface area contributed by atoms with E-state index in [-0.39, 0.29) is 12.6 Å². The van der Waals surface area contributed by atoms with Crippen molar-refractivity contribution in [1.29, 1.82) is 5.26 Å². The Morgan fingerprint density at radius 1 is 1.00 bits per heavy atom. The minimum atomic E-state index is -0.364. The second-order valence-electron chi connectivity index (χ2n) is 7.34. The fourth-order valence-corrected chi connectivity index (χ4v) is 4.07. The Kier molecular flexibility index (Phi) is 7.03. The molecule has 0 spiro atoms. The average molecular weight is 455 g/mol. The van der Waals surface area contributed by atoms with Gasteiger partial charge in [0.15, 0.2) is 11.0 Å². The zero-order valence-corrected chi connectivity index (χ0v) is 18.8. The molecule has 0 saturated carbocycles. The first kappa shape index (κ1) is 22.1. The van der Waals surface area contributed by atoms with Crippen molar-refractivity contribution >= 4 is 23.5 Å². The Morgan fingerprint density at radius 3 is 2.42 bits per heavy atom. The van der Waals surface area contributed by atoms with Crippen LogP contribution in [0.15, 0.2) is 84.0 Å². The number of thioether (sulfide) groups is 1. The molecule has 3 aromatic carbocycles. The molecule has 33 heavy (non-hydrogen) atoms. The first-order valence-corrected chi connectivity index (χ1v) is 11.3. The highest BCUT2D eigenvalue weighted by atomic mass is 32.2. The van der Waals surface area contributed by atoms with Crippen LogP contribution in [0.5, 0.6) is 0 Å². The summed E-state index contributed by atoms with van der Waals surface area (Å²) in [6.07, 6.45) is 0. The van der Waals surface area contributed by atoms with E-state index in [4.69, 9.17) is 5.26 Å². The van der Waals surface area contributed by atoms with Crippen molar-refractivity contribution in [3.05, 3.63) is 101 Å². The molecule has 0 aliphatic carbocycles. The summed E-state index contributed by atoms with van der Waals surface area (Å²) in [6, 6.07) is 26.7. The summed E-state index contributed by atoms with van der Waals surface area (Å²) in [7, 11) is 0. The van der Waals surface area contributed by atoms with Crippen LogP contribution in [0.2, 0.25) is 0 Å². The predicted octanol–water partition coefficient (Wildman–Crippen LogP) is 5.06. The molecule has 0 fully saturated rings. The number of carbonyl (C=O) groups is 1. The van der Waals surface area contributed by atoms with Gasteiger partial charge in [0, 0.05) is 17.1 Å². The molecule has 1 heterocycles. The lowest BCUT2D eigenvalue weighted by Gasteiger charge is -2.12. The zero-order chi connectivity index (χ0) is 23.0. The van der Waals surface area contributed by atoms with Gasteiger partial charge >= 0.3 is 6.03 Å². The van der Waals surface area contributed by atoms with E-state index in [1.165, 1.54) is 5.56 Å². The first-order valence-electron chi connectivity index (χ1n) is 10.4. The van der Waals surface area contributed by atoms with Gasteiger partial charge in [0.25, 0.3) is 0 Å². The molecule has 0 unspecified atom stereocenters. The molecular formula is C25H22N6OS. The van der Waals surface area contributed by atoms with Crippen molar-refractivity contribution in [2.75, 3.05) is 5.32 Å². The maximum absolute atomic E-state index is 12.4. The molecule has 0 aliphatic heterocycles. The molecule has 164 valence electrons. The normalized spacial score (nSPS) is 10.4. The summed E-state index contributed by atoms with van der Waals surface area (Å²) in [5, 5.41) is 24.0. The third-order valence-corrected chi connectivity index (χ3v) is 5.88. The highest BCUT2D eigenvalue weighted by Gasteiger charge is 2.15. The number of aromatic nitrogens is 3.